The van der Waals surface area contributed by atoms with E-state index in [1.54, 1.807) is 11.0 Å². The smallest absolute Gasteiger partial charge is 0.273 e. The molecule has 130 valence electrons. The molecular weight excluding hydrogens is 324 g/mol. The molecule has 0 aliphatic carbocycles. The summed E-state index contributed by atoms with van der Waals surface area (Å²) in [6.07, 6.45) is 0. The number of benzene rings is 2. The zero-order valence-electron chi connectivity index (χ0n) is 13.5. The first-order chi connectivity index (χ1) is 12.1. The maximum Gasteiger partial charge on any atom is 0.273 e. The SMILES string of the molecule is O=C(COc1cccc([N+](=O)[O-])c1)N1CCOC[C@@H]1c1ccccc1. The monoisotopic (exact) mass is 342 g/mol. The summed E-state index contributed by atoms with van der Waals surface area (Å²) in [5.74, 6) is 0.121. The van der Waals surface area contributed by atoms with Gasteiger partial charge in [-0.25, -0.2) is 0 Å². The normalized spacial score (nSPS) is 17.1. The fraction of sp³-hybridized carbons (Fsp3) is 0.278. The lowest BCUT2D eigenvalue weighted by atomic mass is 10.1. The van der Waals surface area contributed by atoms with Crippen LogP contribution in [0.2, 0.25) is 0 Å². The zero-order valence-corrected chi connectivity index (χ0v) is 13.5. The molecule has 2 aromatic rings. The van der Waals surface area contributed by atoms with Crippen molar-refractivity contribution in [2.24, 2.45) is 0 Å². The Morgan fingerprint density at radius 1 is 1.24 bits per heavy atom. The Kier molecular flexibility index (Phi) is 5.25. The number of hydrogen-bond acceptors (Lipinski definition) is 5. The summed E-state index contributed by atoms with van der Waals surface area (Å²) >= 11 is 0. The van der Waals surface area contributed by atoms with E-state index in [2.05, 4.69) is 0 Å². The minimum atomic E-state index is -0.498. The molecule has 0 radical (unpaired) electrons. The molecule has 1 amide bonds. The van der Waals surface area contributed by atoms with Gasteiger partial charge in [-0.15, -0.1) is 0 Å². The van der Waals surface area contributed by atoms with Crippen LogP contribution in [-0.4, -0.2) is 42.1 Å². The van der Waals surface area contributed by atoms with Crippen LogP contribution in [0.25, 0.3) is 0 Å². The van der Waals surface area contributed by atoms with Crippen molar-refractivity contribution < 1.29 is 19.2 Å². The van der Waals surface area contributed by atoms with Gasteiger partial charge >= 0.3 is 0 Å². The number of nitro benzene ring substituents is 1. The zero-order chi connectivity index (χ0) is 17.6. The summed E-state index contributed by atoms with van der Waals surface area (Å²) in [4.78, 5) is 24.6. The lowest BCUT2D eigenvalue weighted by Gasteiger charge is -2.35. The maximum atomic E-state index is 12.6. The van der Waals surface area contributed by atoms with E-state index in [4.69, 9.17) is 9.47 Å². The van der Waals surface area contributed by atoms with E-state index in [1.165, 1.54) is 18.2 Å². The Morgan fingerprint density at radius 3 is 2.80 bits per heavy atom. The number of nitro groups is 1. The van der Waals surface area contributed by atoms with E-state index in [-0.39, 0.29) is 24.2 Å². The third kappa shape index (κ3) is 4.13. The molecule has 1 atom stereocenters. The van der Waals surface area contributed by atoms with Crippen molar-refractivity contribution in [3.05, 3.63) is 70.3 Å². The second-order valence-corrected chi connectivity index (χ2v) is 5.63. The van der Waals surface area contributed by atoms with E-state index < -0.39 is 4.92 Å². The average molecular weight is 342 g/mol. The molecule has 1 aliphatic rings. The Balaban J connectivity index is 1.67. The Labute approximate surface area is 144 Å². The van der Waals surface area contributed by atoms with E-state index in [9.17, 15) is 14.9 Å². The second kappa shape index (κ2) is 7.76. The van der Waals surface area contributed by atoms with Crippen molar-refractivity contribution in [2.75, 3.05) is 26.4 Å². The second-order valence-electron chi connectivity index (χ2n) is 5.63. The Hall–Kier alpha value is -2.93. The van der Waals surface area contributed by atoms with Crippen molar-refractivity contribution in [1.29, 1.82) is 0 Å². The first kappa shape index (κ1) is 16.9. The summed E-state index contributed by atoms with van der Waals surface area (Å²) in [6, 6.07) is 15.3. The van der Waals surface area contributed by atoms with Crippen LogP contribution in [0.3, 0.4) is 0 Å². The third-order valence-corrected chi connectivity index (χ3v) is 4.02. The summed E-state index contributed by atoms with van der Waals surface area (Å²) in [5, 5.41) is 10.8. The fourth-order valence-corrected chi connectivity index (χ4v) is 2.77. The number of ether oxygens (including phenoxy) is 2. The molecule has 7 heteroatoms. The van der Waals surface area contributed by atoms with Gasteiger partial charge in [0.05, 0.1) is 30.2 Å². The van der Waals surface area contributed by atoms with E-state index in [1.807, 2.05) is 30.3 Å². The molecule has 1 saturated heterocycles. The molecule has 25 heavy (non-hydrogen) atoms. The van der Waals surface area contributed by atoms with Crippen LogP contribution in [0.15, 0.2) is 54.6 Å². The predicted octanol–water partition coefficient (Wildman–Crippen LogP) is 2.57. The van der Waals surface area contributed by atoms with Gasteiger partial charge in [0.15, 0.2) is 6.61 Å². The molecular formula is C18H18N2O5. The van der Waals surface area contributed by atoms with Crippen LogP contribution >= 0.6 is 0 Å². The predicted molar refractivity (Wildman–Crippen MR) is 90.3 cm³/mol. The number of rotatable bonds is 5. The first-order valence-corrected chi connectivity index (χ1v) is 7.94. The van der Waals surface area contributed by atoms with Crippen LogP contribution in [-0.2, 0) is 9.53 Å². The maximum absolute atomic E-state index is 12.6. The number of carbonyl (C=O) groups is 1. The number of non-ortho nitro benzene ring substituents is 1. The Bertz CT molecular complexity index is 750. The molecule has 0 unspecified atom stereocenters. The van der Waals surface area contributed by atoms with Crippen LogP contribution in [0.5, 0.6) is 5.75 Å². The van der Waals surface area contributed by atoms with Gasteiger partial charge in [0.2, 0.25) is 0 Å². The minimum Gasteiger partial charge on any atom is -0.484 e. The largest absolute Gasteiger partial charge is 0.484 e. The number of hydrogen-bond donors (Lipinski definition) is 0. The van der Waals surface area contributed by atoms with Gasteiger partial charge in [-0.3, -0.25) is 14.9 Å². The molecule has 1 heterocycles. The first-order valence-electron chi connectivity index (χ1n) is 7.94. The summed E-state index contributed by atoms with van der Waals surface area (Å²) in [5.41, 5.74) is 0.935. The molecule has 2 aromatic carbocycles. The molecule has 3 rings (SSSR count). The quantitative estimate of drug-likeness (QED) is 0.616. The van der Waals surface area contributed by atoms with E-state index in [0.717, 1.165) is 5.56 Å². The average Bonchev–Trinajstić information content (AvgIpc) is 2.67. The summed E-state index contributed by atoms with van der Waals surface area (Å²) < 4.78 is 11.0. The molecule has 0 aromatic heterocycles. The highest BCUT2D eigenvalue weighted by molar-refractivity contribution is 5.78. The van der Waals surface area contributed by atoms with Gasteiger partial charge in [-0.1, -0.05) is 36.4 Å². The van der Waals surface area contributed by atoms with E-state index in [0.29, 0.717) is 25.5 Å². The van der Waals surface area contributed by atoms with Crippen LogP contribution in [0.1, 0.15) is 11.6 Å². The standard InChI is InChI=1S/C18H18N2O5/c21-18(13-25-16-8-4-7-15(11-16)20(22)23)19-9-10-24-12-17(19)14-5-2-1-3-6-14/h1-8,11,17H,9-10,12-13H2/t17-/m1/s1. The van der Waals surface area contributed by atoms with Gasteiger partial charge in [0.1, 0.15) is 5.75 Å². The fourth-order valence-electron chi connectivity index (χ4n) is 2.77. The number of amides is 1. The van der Waals surface area contributed by atoms with Crippen LogP contribution in [0, 0.1) is 10.1 Å². The molecule has 1 fully saturated rings. The number of morpholine rings is 1. The molecule has 7 nitrogen and oxygen atoms in total. The molecule has 1 aliphatic heterocycles. The number of nitrogens with zero attached hydrogens (tertiary/aromatic N) is 2. The third-order valence-electron chi connectivity index (χ3n) is 4.02. The van der Waals surface area contributed by atoms with Gasteiger partial charge in [-0.05, 0) is 11.6 Å². The molecule has 0 saturated carbocycles. The van der Waals surface area contributed by atoms with Crippen molar-refractivity contribution >= 4 is 11.6 Å². The topological polar surface area (TPSA) is 81.9 Å². The minimum absolute atomic E-state index is 0.0708. The highest BCUT2D eigenvalue weighted by Gasteiger charge is 2.28. The van der Waals surface area contributed by atoms with Crippen molar-refractivity contribution in [3.63, 3.8) is 0 Å². The van der Waals surface area contributed by atoms with Gasteiger partial charge in [0, 0.05) is 12.6 Å². The van der Waals surface area contributed by atoms with Crippen molar-refractivity contribution in [1.82, 2.24) is 4.90 Å². The van der Waals surface area contributed by atoms with Crippen molar-refractivity contribution in [2.45, 2.75) is 6.04 Å². The summed E-state index contributed by atoms with van der Waals surface area (Å²) in [7, 11) is 0. The molecule has 0 bridgehead atoms. The van der Waals surface area contributed by atoms with E-state index >= 15 is 0 Å². The van der Waals surface area contributed by atoms with Gasteiger partial charge < -0.3 is 14.4 Å². The summed E-state index contributed by atoms with van der Waals surface area (Å²) in [6.45, 7) is 1.22. The lowest BCUT2D eigenvalue weighted by Crippen LogP contribution is -2.45. The van der Waals surface area contributed by atoms with Crippen LogP contribution < -0.4 is 4.74 Å². The number of carbonyl (C=O) groups excluding carboxylic acids is 1. The highest BCUT2D eigenvalue weighted by atomic mass is 16.6. The van der Waals surface area contributed by atoms with Crippen LogP contribution in [0.4, 0.5) is 5.69 Å². The van der Waals surface area contributed by atoms with Gasteiger partial charge in [0.25, 0.3) is 11.6 Å². The van der Waals surface area contributed by atoms with Gasteiger partial charge in [-0.2, -0.15) is 0 Å². The lowest BCUT2D eigenvalue weighted by molar-refractivity contribution is -0.384. The molecule has 0 N–H and O–H groups in total. The highest BCUT2D eigenvalue weighted by Crippen LogP contribution is 2.25. The molecule has 0 spiro atoms. The van der Waals surface area contributed by atoms with Crippen molar-refractivity contribution in [3.8, 4) is 5.75 Å². The Morgan fingerprint density at radius 2 is 2.04 bits per heavy atom.